The quantitative estimate of drug-likeness (QED) is 0.172. The maximum atomic E-state index is 6.78. The number of hydrogen-bond acceptors (Lipinski definition) is 3. The lowest BCUT2D eigenvalue weighted by Crippen LogP contribution is -2.32. The topological polar surface area (TPSA) is 26.6 Å². The Morgan fingerprint density at radius 3 is 1.19 bits per heavy atom. The first-order valence-electron chi connectivity index (χ1n) is 26.9. The number of fused-ring (bicyclic) bond motifs is 21. The van der Waals surface area contributed by atoms with Crippen LogP contribution in [-0.4, -0.2) is 4.57 Å². The van der Waals surface area contributed by atoms with Gasteiger partial charge in [-0.1, -0.05) is 188 Å². The molecule has 2 aliphatic carbocycles. The van der Waals surface area contributed by atoms with E-state index >= 15 is 0 Å². The van der Waals surface area contributed by atoms with Crippen LogP contribution in [0.4, 0.5) is 17.1 Å². The second kappa shape index (κ2) is 16.2. The zero-order valence-corrected chi connectivity index (χ0v) is 42.3. The van der Waals surface area contributed by atoms with Gasteiger partial charge in [-0.2, -0.15) is 0 Å². The number of ether oxygens (including phenoxy) is 2. The minimum Gasteiger partial charge on any atom is -0.457 e. The third kappa shape index (κ3) is 5.73. The van der Waals surface area contributed by atoms with E-state index in [0.29, 0.717) is 0 Å². The van der Waals surface area contributed by atoms with Crippen LogP contribution in [0.5, 0.6) is 23.0 Å². The van der Waals surface area contributed by atoms with Crippen LogP contribution in [0, 0.1) is 0 Å². The summed E-state index contributed by atoms with van der Waals surface area (Å²) >= 11 is 0. The predicted molar refractivity (Wildman–Crippen MR) is 316 cm³/mol. The normalized spacial score (nSPS) is 14.1. The Hall–Kier alpha value is -10.2. The van der Waals surface area contributed by atoms with Gasteiger partial charge in [0.05, 0.1) is 21.9 Å². The summed E-state index contributed by atoms with van der Waals surface area (Å²) in [4.78, 5) is 2.47. The van der Waals surface area contributed by atoms with Crippen molar-refractivity contribution in [3.63, 3.8) is 0 Å². The summed E-state index contributed by atoms with van der Waals surface area (Å²) in [5, 5.41) is 2.46. The van der Waals surface area contributed by atoms with Gasteiger partial charge in [0.25, 0.3) is 0 Å². The number of benzene rings is 12. The van der Waals surface area contributed by atoms with E-state index in [-0.39, 0.29) is 0 Å². The monoisotopic (exact) mass is 994 g/mol. The van der Waals surface area contributed by atoms with Gasteiger partial charge in [-0.25, -0.2) is 0 Å². The molecular weight excluding hydrogens is 949 g/mol. The summed E-state index contributed by atoms with van der Waals surface area (Å²) < 4.78 is 15.9. The van der Waals surface area contributed by atoms with E-state index in [9.17, 15) is 0 Å². The molecule has 0 N–H and O–H groups in total. The number of anilines is 3. The maximum absolute atomic E-state index is 6.78. The molecule has 3 heterocycles. The van der Waals surface area contributed by atoms with Crippen LogP contribution >= 0.6 is 0 Å². The molecule has 0 atom stereocenters. The predicted octanol–water partition coefficient (Wildman–Crippen LogP) is 18.9. The summed E-state index contributed by atoms with van der Waals surface area (Å²) in [6.45, 7) is 0. The highest BCUT2D eigenvalue weighted by Crippen LogP contribution is 2.65. The second-order valence-electron chi connectivity index (χ2n) is 21.0. The minimum absolute atomic E-state index is 0.635. The van der Waals surface area contributed by atoms with Gasteiger partial charge in [0, 0.05) is 55.8 Å². The molecular formula is C74H46N2O2. The van der Waals surface area contributed by atoms with Gasteiger partial charge >= 0.3 is 0 Å². The molecule has 0 unspecified atom stereocenters. The third-order valence-electron chi connectivity index (χ3n) is 17.3. The van der Waals surface area contributed by atoms with Crippen LogP contribution < -0.4 is 14.4 Å². The molecule has 0 saturated heterocycles. The standard InChI is InChI=1S/C74H46N2O2/c1-2-18-49(19-3-1)76-67-29-13-6-22-57(67)58-44-48(36-43-68(58)76)47-34-37-50(38-35-47)75(51-39-41-55-53-20-4-7-23-59(53)73(65(55)45-51)61-25-9-14-30-69(61)77-70-31-15-10-26-62(70)73)52-40-42-56-54-21-5-8-24-60(54)74(66(56)46-52)63-27-11-16-32-71(63)78-72-33-17-12-28-64(72)74/h1-46H. The third-order valence-corrected chi connectivity index (χ3v) is 17.3. The highest BCUT2D eigenvalue weighted by Gasteiger charge is 2.53. The molecule has 2 aliphatic heterocycles. The van der Waals surface area contributed by atoms with Crippen LogP contribution in [0.3, 0.4) is 0 Å². The Morgan fingerprint density at radius 2 is 0.667 bits per heavy atom. The molecule has 4 heteroatoms. The molecule has 12 aromatic carbocycles. The Kier molecular flexibility index (Phi) is 8.94. The lowest BCUT2D eigenvalue weighted by molar-refractivity contribution is 0.436. The van der Waals surface area contributed by atoms with E-state index < -0.39 is 10.8 Å². The zero-order valence-electron chi connectivity index (χ0n) is 42.3. The van der Waals surface area contributed by atoms with Gasteiger partial charge < -0.3 is 18.9 Å². The van der Waals surface area contributed by atoms with Crippen molar-refractivity contribution in [3.05, 3.63) is 324 Å². The van der Waals surface area contributed by atoms with Crippen molar-refractivity contribution >= 4 is 38.9 Å². The fourth-order valence-corrected chi connectivity index (χ4v) is 14.2. The van der Waals surface area contributed by atoms with Crippen molar-refractivity contribution in [2.75, 3.05) is 4.90 Å². The summed E-state index contributed by atoms with van der Waals surface area (Å²) in [6, 6.07) is 102. The summed E-state index contributed by atoms with van der Waals surface area (Å²) in [6.07, 6.45) is 0. The van der Waals surface area contributed by atoms with Crippen molar-refractivity contribution < 1.29 is 9.47 Å². The Morgan fingerprint density at radius 1 is 0.269 bits per heavy atom. The molecule has 0 saturated carbocycles. The molecule has 13 aromatic rings. The van der Waals surface area contributed by atoms with E-state index in [1.807, 2.05) is 0 Å². The van der Waals surface area contributed by atoms with Gasteiger partial charge in [-0.3, -0.25) is 0 Å². The number of rotatable bonds is 5. The Bertz CT molecular complexity index is 4360. The molecule has 0 amide bonds. The van der Waals surface area contributed by atoms with Gasteiger partial charge in [0.15, 0.2) is 0 Å². The Labute approximate surface area is 451 Å². The highest BCUT2D eigenvalue weighted by molar-refractivity contribution is 6.10. The highest BCUT2D eigenvalue weighted by atomic mass is 16.5. The molecule has 4 aliphatic rings. The molecule has 78 heavy (non-hydrogen) atoms. The van der Waals surface area contributed by atoms with Gasteiger partial charge in [0.2, 0.25) is 0 Å². The van der Waals surface area contributed by atoms with Crippen LogP contribution in [-0.2, 0) is 10.8 Å². The lowest BCUT2D eigenvalue weighted by atomic mass is 9.66. The molecule has 1 aromatic heterocycles. The fourth-order valence-electron chi connectivity index (χ4n) is 14.2. The Balaban J connectivity index is 0.894. The molecule has 0 radical (unpaired) electrons. The fraction of sp³-hybridized carbons (Fsp3) is 0.0270. The molecule has 4 nitrogen and oxygen atoms in total. The van der Waals surface area contributed by atoms with Crippen molar-refractivity contribution in [1.29, 1.82) is 0 Å². The largest absolute Gasteiger partial charge is 0.457 e. The molecule has 0 fully saturated rings. The van der Waals surface area contributed by atoms with E-state index in [1.165, 1.54) is 71.9 Å². The van der Waals surface area contributed by atoms with Crippen molar-refractivity contribution in [2.24, 2.45) is 0 Å². The summed E-state index contributed by atoms with van der Waals surface area (Å²) in [5.74, 6) is 3.50. The molecule has 2 spiro atoms. The molecule has 0 bridgehead atoms. The minimum atomic E-state index is -0.635. The average molecular weight is 995 g/mol. The number of para-hydroxylation sites is 6. The van der Waals surface area contributed by atoms with Crippen LogP contribution in [0.1, 0.15) is 44.5 Å². The number of aromatic nitrogens is 1. The zero-order chi connectivity index (χ0) is 51.1. The van der Waals surface area contributed by atoms with Crippen LogP contribution in [0.2, 0.25) is 0 Å². The first kappa shape index (κ1) is 43.1. The number of nitrogens with zero attached hydrogens (tertiary/aromatic N) is 2. The maximum Gasteiger partial charge on any atom is 0.132 e. The lowest BCUT2D eigenvalue weighted by Gasteiger charge is -2.40. The van der Waals surface area contributed by atoms with Gasteiger partial charge in [0.1, 0.15) is 23.0 Å². The van der Waals surface area contributed by atoms with E-state index in [2.05, 4.69) is 289 Å². The van der Waals surface area contributed by atoms with Crippen molar-refractivity contribution in [1.82, 2.24) is 4.57 Å². The van der Waals surface area contributed by atoms with Crippen LogP contribution in [0.25, 0.3) is 60.9 Å². The van der Waals surface area contributed by atoms with Gasteiger partial charge in [-0.15, -0.1) is 0 Å². The van der Waals surface area contributed by atoms with E-state index in [4.69, 9.17) is 9.47 Å². The summed E-state index contributed by atoms with van der Waals surface area (Å²) in [5.41, 5.74) is 22.2. The first-order chi connectivity index (χ1) is 38.7. The molecule has 17 rings (SSSR count). The average Bonchev–Trinajstić information content (AvgIpc) is 4.28. The van der Waals surface area contributed by atoms with Gasteiger partial charge in [-0.05, 0) is 147 Å². The van der Waals surface area contributed by atoms with E-state index in [1.54, 1.807) is 0 Å². The summed E-state index contributed by atoms with van der Waals surface area (Å²) in [7, 11) is 0. The number of hydrogen-bond donors (Lipinski definition) is 0. The van der Waals surface area contributed by atoms with Crippen molar-refractivity contribution in [2.45, 2.75) is 10.8 Å². The second-order valence-corrected chi connectivity index (χ2v) is 21.0. The smallest absolute Gasteiger partial charge is 0.132 e. The first-order valence-corrected chi connectivity index (χ1v) is 26.9. The van der Waals surface area contributed by atoms with Crippen molar-refractivity contribution in [3.8, 4) is 62.1 Å². The molecule has 364 valence electrons. The van der Waals surface area contributed by atoms with E-state index in [0.717, 1.165) is 73.6 Å². The van der Waals surface area contributed by atoms with Crippen LogP contribution in [0.15, 0.2) is 279 Å². The SMILES string of the molecule is c1ccc(-n2c3ccccc3c3cc(-c4ccc(N(c5ccc6c(c5)C5(c7ccccc7Oc7ccccc75)c5ccccc5-6)c5ccc6c(c5)C5(c7ccccc7Oc7ccccc75)c5ccccc5-6)cc4)ccc32)cc1.